The number of nitrogens with zero attached hydrogens (tertiary/aromatic N) is 2. The highest BCUT2D eigenvalue weighted by Gasteiger charge is 2.19. The van der Waals surface area contributed by atoms with E-state index in [1.807, 2.05) is 17.5 Å². The van der Waals surface area contributed by atoms with Crippen molar-refractivity contribution in [2.75, 3.05) is 13.1 Å². The van der Waals surface area contributed by atoms with Gasteiger partial charge in [-0.1, -0.05) is 0 Å². The summed E-state index contributed by atoms with van der Waals surface area (Å²) in [6, 6.07) is 2.19. The number of hydrogen-bond acceptors (Lipinski definition) is 4. The third kappa shape index (κ3) is 1.83. The van der Waals surface area contributed by atoms with Gasteiger partial charge in [0.05, 0.1) is 9.71 Å². The lowest BCUT2D eigenvalue weighted by molar-refractivity contribution is 0.459. The van der Waals surface area contributed by atoms with E-state index in [2.05, 4.69) is 28.3 Å². The van der Waals surface area contributed by atoms with E-state index in [0.717, 1.165) is 18.7 Å². The molecule has 1 fully saturated rings. The molecular formula is C12H15N3S. The average Bonchev–Trinajstić information content (AvgIpc) is 2.73. The number of hydrogen-bond donors (Lipinski definition) is 1. The van der Waals surface area contributed by atoms with Gasteiger partial charge in [-0.2, -0.15) is 0 Å². The molecule has 1 saturated heterocycles. The lowest BCUT2D eigenvalue weighted by Gasteiger charge is -2.20. The summed E-state index contributed by atoms with van der Waals surface area (Å²) in [6.45, 7) is 4.32. The van der Waals surface area contributed by atoms with Crippen LogP contribution in [-0.2, 0) is 0 Å². The molecule has 0 bridgehead atoms. The summed E-state index contributed by atoms with van der Waals surface area (Å²) in [7, 11) is 0. The van der Waals surface area contributed by atoms with Crippen molar-refractivity contribution in [2.45, 2.75) is 25.7 Å². The zero-order chi connectivity index (χ0) is 11.0. The second-order valence-corrected chi connectivity index (χ2v) is 5.47. The van der Waals surface area contributed by atoms with E-state index in [1.54, 1.807) is 0 Å². The Morgan fingerprint density at radius 1 is 1.38 bits per heavy atom. The Labute approximate surface area is 98.9 Å². The summed E-state index contributed by atoms with van der Waals surface area (Å²) in [5.41, 5.74) is 2.14. The van der Waals surface area contributed by atoms with Crippen LogP contribution in [0.5, 0.6) is 0 Å². The lowest BCUT2D eigenvalue weighted by atomic mass is 9.99. The van der Waals surface area contributed by atoms with Crippen LogP contribution in [0.25, 0.3) is 10.3 Å². The zero-order valence-corrected chi connectivity index (χ0v) is 10.2. The number of pyridine rings is 1. The van der Waals surface area contributed by atoms with E-state index >= 15 is 0 Å². The lowest BCUT2D eigenvalue weighted by Crippen LogP contribution is -2.26. The van der Waals surface area contributed by atoms with E-state index < -0.39 is 0 Å². The molecule has 0 unspecified atom stereocenters. The molecule has 4 heteroatoms. The summed E-state index contributed by atoms with van der Waals surface area (Å²) in [5, 5.41) is 4.66. The smallest absolute Gasteiger partial charge is 0.170 e. The Hall–Kier alpha value is -1.00. The number of aromatic nitrogens is 2. The molecule has 2 aromatic rings. The quantitative estimate of drug-likeness (QED) is 0.822. The molecule has 1 N–H and O–H groups in total. The fraction of sp³-hybridized carbons (Fsp3) is 0.500. The molecule has 0 amide bonds. The standard InChI is InChI=1S/C12H15N3S/c1-8-6-10-11(14-7-8)15-12(16-10)9-2-4-13-5-3-9/h6-7,9,13H,2-5H2,1H3. The van der Waals surface area contributed by atoms with Crippen LogP contribution in [0.4, 0.5) is 0 Å². The van der Waals surface area contributed by atoms with Crippen LogP contribution in [0.1, 0.15) is 29.3 Å². The van der Waals surface area contributed by atoms with Crippen molar-refractivity contribution >= 4 is 21.7 Å². The summed E-state index contributed by atoms with van der Waals surface area (Å²) in [6.07, 6.45) is 4.31. The molecule has 3 nitrogen and oxygen atoms in total. The molecule has 0 aliphatic carbocycles. The monoisotopic (exact) mass is 233 g/mol. The maximum Gasteiger partial charge on any atom is 0.170 e. The van der Waals surface area contributed by atoms with Gasteiger partial charge in [-0.05, 0) is 44.5 Å². The van der Waals surface area contributed by atoms with Gasteiger partial charge < -0.3 is 5.32 Å². The van der Waals surface area contributed by atoms with Gasteiger partial charge >= 0.3 is 0 Å². The Balaban J connectivity index is 1.97. The minimum absolute atomic E-state index is 0.640. The molecule has 2 aromatic heterocycles. The molecule has 0 atom stereocenters. The van der Waals surface area contributed by atoms with Crippen LogP contribution in [0.2, 0.25) is 0 Å². The fourth-order valence-corrected chi connectivity index (χ4v) is 3.37. The van der Waals surface area contributed by atoms with Crippen molar-refractivity contribution in [2.24, 2.45) is 0 Å². The largest absolute Gasteiger partial charge is 0.317 e. The molecule has 84 valence electrons. The van der Waals surface area contributed by atoms with E-state index in [1.165, 1.54) is 28.1 Å². The van der Waals surface area contributed by atoms with Crippen LogP contribution in [0, 0.1) is 6.92 Å². The predicted molar refractivity (Wildman–Crippen MR) is 67.0 cm³/mol. The molecule has 0 radical (unpaired) electrons. The van der Waals surface area contributed by atoms with E-state index in [9.17, 15) is 0 Å². The maximum atomic E-state index is 4.66. The zero-order valence-electron chi connectivity index (χ0n) is 9.36. The highest BCUT2D eigenvalue weighted by Crippen LogP contribution is 2.31. The van der Waals surface area contributed by atoms with E-state index in [-0.39, 0.29) is 0 Å². The highest BCUT2D eigenvalue weighted by molar-refractivity contribution is 7.18. The Kier molecular flexibility index (Phi) is 2.61. The molecule has 0 spiro atoms. The minimum Gasteiger partial charge on any atom is -0.317 e. The van der Waals surface area contributed by atoms with Gasteiger partial charge in [0.1, 0.15) is 0 Å². The van der Waals surface area contributed by atoms with Gasteiger partial charge in [0.15, 0.2) is 5.65 Å². The number of aryl methyl sites for hydroxylation is 1. The molecule has 3 heterocycles. The van der Waals surface area contributed by atoms with Crippen LogP contribution in [0.15, 0.2) is 12.3 Å². The molecule has 1 aliphatic heterocycles. The summed E-state index contributed by atoms with van der Waals surface area (Å²) < 4.78 is 1.23. The van der Waals surface area contributed by atoms with Crippen molar-refractivity contribution in [1.82, 2.24) is 15.3 Å². The van der Waals surface area contributed by atoms with Gasteiger partial charge in [-0.3, -0.25) is 0 Å². The Morgan fingerprint density at radius 3 is 3.00 bits per heavy atom. The number of rotatable bonds is 1. The number of piperidine rings is 1. The summed E-state index contributed by atoms with van der Waals surface area (Å²) in [5.74, 6) is 0.640. The predicted octanol–water partition coefficient (Wildman–Crippen LogP) is 2.47. The average molecular weight is 233 g/mol. The third-order valence-electron chi connectivity index (χ3n) is 3.09. The van der Waals surface area contributed by atoms with E-state index in [0.29, 0.717) is 5.92 Å². The van der Waals surface area contributed by atoms with Crippen LogP contribution < -0.4 is 5.32 Å². The second-order valence-electron chi connectivity index (χ2n) is 4.41. The first kappa shape index (κ1) is 10.2. The maximum absolute atomic E-state index is 4.66. The Morgan fingerprint density at radius 2 is 2.19 bits per heavy atom. The van der Waals surface area contributed by atoms with Gasteiger partial charge in [-0.15, -0.1) is 11.3 Å². The summed E-state index contributed by atoms with van der Waals surface area (Å²) >= 11 is 1.82. The first-order chi connectivity index (χ1) is 7.83. The third-order valence-corrected chi connectivity index (χ3v) is 4.24. The molecule has 1 aliphatic rings. The van der Waals surface area contributed by atoms with Crippen molar-refractivity contribution in [3.8, 4) is 0 Å². The van der Waals surface area contributed by atoms with Crippen molar-refractivity contribution in [3.05, 3.63) is 22.8 Å². The first-order valence-corrected chi connectivity index (χ1v) is 6.58. The SMILES string of the molecule is Cc1cnc2nc(C3CCNCC3)sc2c1. The molecule has 3 rings (SSSR count). The van der Waals surface area contributed by atoms with Gasteiger partial charge in [0.25, 0.3) is 0 Å². The topological polar surface area (TPSA) is 37.8 Å². The minimum atomic E-state index is 0.640. The second kappa shape index (κ2) is 4.11. The molecular weight excluding hydrogens is 218 g/mol. The van der Waals surface area contributed by atoms with Gasteiger partial charge in [0.2, 0.25) is 0 Å². The number of nitrogens with one attached hydrogen (secondary N) is 1. The number of fused-ring (bicyclic) bond motifs is 1. The van der Waals surface area contributed by atoms with Crippen molar-refractivity contribution < 1.29 is 0 Å². The van der Waals surface area contributed by atoms with Crippen molar-refractivity contribution in [3.63, 3.8) is 0 Å². The number of thiazole rings is 1. The Bertz CT molecular complexity index is 500. The van der Waals surface area contributed by atoms with Gasteiger partial charge in [0, 0.05) is 12.1 Å². The van der Waals surface area contributed by atoms with Crippen molar-refractivity contribution in [1.29, 1.82) is 0 Å². The van der Waals surface area contributed by atoms with Crippen LogP contribution in [0.3, 0.4) is 0 Å². The molecule has 16 heavy (non-hydrogen) atoms. The van der Waals surface area contributed by atoms with Gasteiger partial charge in [-0.25, -0.2) is 9.97 Å². The fourth-order valence-electron chi connectivity index (χ4n) is 2.18. The normalized spacial score (nSPS) is 18.1. The van der Waals surface area contributed by atoms with E-state index in [4.69, 9.17) is 0 Å². The van der Waals surface area contributed by atoms with Crippen LogP contribution in [-0.4, -0.2) is 23.1 Å². The molecule has 0 saturated carbocycles. The highest BCUT2D eigenvalue weighted by atomic mass is 32.1. The first-order valence-electron chi connectivity index (χ1n) is 5.77. The van der Waals surface area contributed by atoms with Crippen LogP contribution >= 0.6 is 11.3 Å². The molecule has 0 aromatic carbocycles. The summed E-state index contributed by atoms with van der Waals surface area (Å²) in [4.78, 5) is 9.04.